The van der Waals surface area contributed by atoms with Gasteiger partial charge in [0, 0.05) is 18.7 Å². The highest BCUT2D eigenvalue weighted by atomic mass is 32.2. The lowest BCUT2D eigenvalue weighted by molar-refractivity contribution is -0.116. The fourth-order valence-corrected chi connectivity index (χ4v) is 3.49. The Hall–Kier alpha value is -2.34. The van der Waals surface area contributed by atoms with Crippen LogP contribution in [0.5, 0.6) is 0 Å². The zero-order valence-electron chi connectivity index (χ0n) is 13.3. The van der Waals surface area contributed by atoms with Crippen LogP contribution < -0.4 is 15.2 Å². The SMILES string of the molecule is NS(=O)(=O)c1ccc(NC(=O)CCNS(=O)(=O)c2ccc(F)cc2)cc1. The van der Waals surface area contributed by atoms with Crippen LogP contribution in [-0.4, -0.2) is 29.3 Å². The number of rotatable bonds is 7. The van der Waals surface area contributed by atoms with Gasteiger partial charge in [-0.3, -0.25) is 4.79 Å². The van der Waals surface area contributed by atoms with E-state index in [4.69, 9.17) is 5.14 Å². The summed E-state index contributed by atoms with van der Waals surface area (Å²) in [6.45, 7) is -0.166. The summed E-state index contributed by atoms with van der Waals surface area (Å²) in [5.41, 5.74) is 0.337. The predicted octanol–water partition coefficient (Wildman–Crippen LogP) is 0.780. The van der Waals surface area contributed by atoms with Gasteiger partial charge in [0.1, 0.15) is 5.82 Å². The first-order valence-corrected chi connectivity index (χ1v) is 10.3. The normalized spacial score (nSPS) is 11.9. The molecule has 0 unspecified atom stereocenters. The number of halogens is 1. The number of benzene rings is 2. The number of anilines is 1. The zero-order chi connectivity index (χ0) is 19.4. The molecule has 0 aliphatic heterocycles. The largest absolute Gasteiger partial charge is 0.326 e. The van der Waals surface area contributed by atoms with Crippen molar-refractivity contribution in [2.24, 2.45) is 5.14 Å². The van der Waals surface area contributed by atoms with Crippen molar-refractivity contribution >= 4 is 31.6 Å². The maximum Gasteiger partial charge on any atom is 0.240 e. The van der Waals surface area contributed by atoms with E-state index in [1.54, 1.807) is 0 Å². The van der Waals surface area contributed by atoms with E-state index in [0.717, 1.165) is 24.3 Å². The van der Waals surface area contributed by atoms with Gasteiger partial charge in [0.05, 0.1) is 9.79 Å². The standard InChI is InChI=1S/C15H16FN3O5S2/c16-11-1-5-14(6-2-11)26(23,24)18-10-9-15(20)19-12-3-7-13(8-4-12)25(17,21)22/h1-8,18H,9-10H2,(H,19,20)(H2,17,21,22). The third-order valence-corrected chi connectivity index (χ3v) is 5.64. The molecular weight excluding hydrogens is 385 g/mol. The molecule has 0 fully saturated rings. The second-order valence-electron chi connectivity index (χ2n) is 5.22. The highest BCUT2D eigenvalue weighted by Crippen LogP contribution is 2.13. The van der Waals surface area contributed by atoms with Crippen molar-refractivity contribution in [3.8, 4) is 0 Å². The summed E-state index contributed by atoms with van der Waals surface area (Å²) in [4.78, 5) is 11.6. The lowest BCUT2D eigenvalue weighted by Gasteiger charge is -2.08. The van der Waals surface area contributed by atoms with Crippen LogP contribution >= 0.6 is 0 Å². The van der Waals surface area contributed by atoms with Gasteiger partial charge >= 0.3 is 0 Å². The Morgan fingerprint density at radius 1 is 0.923 bits per heavy atom. The number of hydrogen-bond acceptors (Lipinski definition) is 5. The fourth-order valence-electron chi connectivity index (χ4n) is 1.95. The Balaban J connectivity index is 1.88. The highest BCUT2D eigenvalue weighted by Gasteiger charge is 2.14. The van der Waals surface area contributed by atoms with Gasteiger partial charge < -0.3 is 5.32 Å². The van der Waals surface area contributed by atoms with Crippen molar-refractivity contribution < 1.29 is 26.0 Å². The van der Waals surface area contributed by atoms with Crippen molar-refractivity contribution in [1.82, 2.24) is 4.72 Å². The summed E-state index contributed by atoms with van der Waals surface area (Å²) in [5.74, 6) is -1.04. The first-order chi connectivity index (χ1) is 12.1. The van der Waals surface area contributed by atoms with Crippen LogP contribution in [0.15, 0.2) is 58.3 Å². The molecule has 0 saturated heterocycles. The Bertz CT molecular complexity index is 989. The maximum atomic E-state index is 12.8. The predicted molar refractivity (Wildman–Crippen MR) is 92.7 cm³/mol. The van der Waals surface area contributed by atoms with E-state index in [1.165, 1.54) is 24.3 Å². The minimum Gasteiger partial charge on any atom is -0.326 e. The summed E-state index contributed by atoms with van der Waals surface area (Å²) >= 11 is 0. The van der Waals surface area contributed by atoms with E-state index < -0.39 is 31.8 Å². The number of amides is 1. The average molecular weight is 401 g/mol. The van der Waals surface area contributed by atoms with E-state index in [0.29, 0.717) is 5.69 Å². The second-order valence-corrected chi connectivity index (χ2v) is 8.55. The third kappa shape index (κ3) is 5.59. The lowest BCUT2D eigenvalue weighted by Crippen LogP contribution is -2.27. The Morgan fingerprint density at radius 2 is 1.46 bits per heavy atom. The molecule has 2 aromatic carbocycles. The molecule has 0 aromatic heterocycles. The minimum absolute atomic E-state index is 0.0949. The van der Waals surface area contributed by atoms with E-state index in [2.05, 4.69) is 10.0 Å². The van der Waals surface area contributed by atoms with Gasteiger partial charge in [-0.05, 0) is 48.5 Å². The van der Waals surface area contributed by atoms with E-state index in [9.17, 15) is 26.0 Å². The molecule has 8 nitrogen and oxygen atoms in total. The van der Waals surface area contributed by atoms with Crippen LogP contribution in [0.25, 0.3) is 0 Å². The summed E-state index contributed by atoms with van der Waals surface area (Å²) < 4.78 is 61.3. The fraction of sp³-hybridized carbons (Fsp3) is 0.133. The first kappa shape index (κ1) is 20.0. The van der Waals surface area contributed by atoms with Crippen LogP contribution in [0.2, 0.25) is 0 Å². The molecule has 0 saturated carbocycles. The molecule has 0 atom stereocenters. The summed E-state index contributed by atoms with van der Waals surface area (Å²) in [5, 5.41) is 7.46. The molecule has 2 aromatic rings. The maximum absolute atomic E-state index is 12.8. The number of nitrogens with one attached hydrogen (secondary N) is 2. The minimum atomic E-state index is -3.84. The van der Waals surface area contributed by atoms with E-state index in [-0.39, 0.29) is 22.8 Å². The van der Waals surface area contributed by atoms with Gasteiger partial charge in [0.25, 0.3) is 0 Å². The van der Waals surface area contributed by atoms with E-state index >= 15 is 0 Å². The topological polar surface area (TPSA) is 135 Å². The molecule has 11 heteroatoms. The molecule has 0 aliphatic rings. The number of carbonyl (C=O) groups excluding carboxylic acids is 1. The Labute approximate surface area is 150 Å². The Kier molecular flexibility index (Phi) is 6.08. The number of primary sulfonamides is 1. The summed E-state index contributed by atoms with van der Waals surface area (Å²) in [6.07, 6.45) is -0.155. The van der Waals surface area contributed by atoms with Crippen molar-refractivity contribution in [3.05, 3.63) is 54.3 Å². The molecule has 2 rings (SSSR count). The number of hydrogen-bond donors (Lipinski definition) is 3. The molecule has 140 valence electrons. The van der Waals surface area contributed by atoms with Gasteiger partial charge in [-0.2, -0.15) is 0 Å². The molecule has 0 spiro atoms. The van der Waals surface area contributed by atoms with Gasteiger partial charge in [-0.25, -0.2) is 31.1 Å². The van der Waals surface area contributed by atoms with Gasteiger partial charge in [0.2, 0.25) is 26.0 Å². The Morgan fingerprint density at radius 3 is 2.00 bits per heavy atom. The van der Waals surface area contributed by atoms with Crippen molar-refractivity contribution in [3.63, 3.8) is 0 Å². The van der Waals surface area contributed by atoms with Gasteiger partial charge in [-0.15, -0.1) is 0 Å². The van der Waals surface area contributed by atoms with Crippen molar-refractivity contribution in [2.45, 2.75) is 16.2 Å². The smallest absolute Gasteiger partial charge is 0.240 e. The summed E-state index contributed by atoms with van der Waals surface area (Å²) in [7, 11) is -7.67. The van der Waals surface area contributed by atoms with Crippen LogP contribution in [-0.2, 0) is 24.8 Å². The van der Waals surface area contributed by atoms with Crippen molar-refractivity contribution in [2.75, 3.05) is 11.9 Å². The van der Waals surface area contributed by atoms with Crippen LogP contribution in [0.4, 0.5) is 10.1 Å². The van der Waals surface area contributed by atoms with Crippen LogP contribution in [0, 0.1) is 5.82 Å². The molecule has 0 heterocycles. The number of carbonyl (C=O) groups is 1. The second kappa shape index (κ2) is 7.91. The molecule has 26 heavy (non-hydrogen) atoms. The first-order valence-electron chi connectivity index (χ1n) is 7.26. The zero-order valence-corrected chi connectivity index (χ0v) is 15.0. The monoisotopic (exact) mass is 401 g/mol. The number of sulfonamides is 2. The molecule has 0 bridgehead atoms. The van der Waals surface area contributed by atoms with Gasteiger partial charge in [0.15, 0.2) is 0 Å². The average Bonchev–Trinajstić information content (AvgIpc) is 2.54. The quantitative estimate of drug-likeness (QED) is 0.630. The summed E-state index contributed by atoms with van der Waals surface area (Å²) in [6, 6.07) is 9.47. The molecule has 4 N–H and O–H groups in total. The lowest BCUT2D eigenvalue weighted by atomic mass is 10.3. The molecule has 0 radical (unpaired) electrons. The third-order valence-electron chi connectivity index (χ3n) is 3.23. The highest BCUT2D eigenvalue weighted by molar-refractivity contribution is 7.89. The molecule has 0 aliphatic carbocycles. The molecular formula is C15H16FN3O5S2. The van der Waals surface area contributed by atoms with Crippen molar-refractivity contribution in [1.29, 1.82) is 0 Å². The van der Waals surface area contributed by atoms with Crippen LogP contribution in [0.3, 0.4) is 0 Å². The number of nitrogens with two attached hydrogens (primary N) is 1. The van der Waals surface area contributed by atoms with E-state index in [1.807, 2.05) is 0 Å². The van der Waals surface area contributed by atoms with Crippen LogP contribution in [0.1, 0.15) is 6.42 Å². The molecule has 1 amide bonds. The van der Waals surface area contributed by atoms with Gasteiger partial charge in [-0.1, -0.05) is 0 Å².